The maximum atomic E-state index is 5.60. The summed E-state index contributed by atoms with van der Waals surface area (Å²) >= 11 is 0. The van der Waals surface area contributed by atoms with Gasteiger partial charge in [-0.05, 0) is 32.6 Å². The van der Waals surface area contributed by atoms with Crippen molar-refractivity contribution in [3.05, 3.63) is 11.6 Å². The van der Waals surface area contributed by atoms with Gasteiger partial charge in [0.15, 0.2) is 5.96 Å². The largest absolute Gasteiger partial charge is 0.377 e. The molecule has 0 aromatic rings. The molecule has 0 aromatic carbocycles. The highest BCUT2D eigenvalue weighted by Gasteiger charge is 2.14. The van der Waals surface area contributed by atoms with Crippen LogP contribution in [0.4, 0.5) is 0 Å². The standard InChI is InChI=1S/C15H27N3O2.HI/c1-2-16-15(18-12-14-4-3-9-20-14)17-8-5-13-6-10-19-11-7-13;/h6,14H,2-5,7-12H2,1H3,(H2,16,17,18);1H. The fourth-order valence-electron chi connectivity index (χ4n) is 2.46. The van der Waals surface area contributed by atoms with Crippen LogP contribution in [0.15, 0.2) is 16.6 Å². The number of rotatable bonds is 6. The summed E-state index contributed by atoms with van der Waals surface area (Å²) in [4.78, 5) is 4.60. The Morgan fingerprint density at radius 1 is 1.38 bits per heavy atom. The molecule has 2 aliphatic rings. The van der Waals surface area contributed by atoms with E-state index in [4.69, 9.17) is 9.47 Å². The van der Waals surface area contributed by atoms with Gasteiger partial charge in [-0.15, -0.1) is 24.0 Å². The molecule has 0 radical (unpaired) electrons. The molecule has 0 aliphatic carbocycles. The number of halogens is 1. The zero-order valence-corrected chi connectivity index (χ0v) is 15.2. The van der Waals surface area contributed by atoms with Gasteiger partial charge >= 0.3 is 0 Å². The number of nitrogens with one attached hydrogen (secondary N) is 2. The van der Waals surface area contributed by atoms with E-state index < -0.39 is 0 Å². The molecule has 1 saturated heterocycles. The van der Waals surface area contributed by atoms with Crippen LogP contribution in [0.25, 0.3) is 0 Å². The third-order valence-electron chi connectivity index (χ3n) is 3.62. The molecular weight excluding hydrogens is 381 g/mol. The van der Waals surface area contributed by atoms with Crippen molar-refractivity contribution in [1.82, 2.24) is 10.6 Å². The minimum absolute atomic E-state index is 0. The van der Waals surface area contributed by atoms with Gasteiger partial charge in [-0.3, -0.25) is 4.99 Å². The highest BCUT2D eigenvalue weighted by atomic mass is 127. The predicted octanol–water partition coefficient (Wildman–Crippen LogP) is 2.08. The Bertz CT molecular complexity index is 342. The van der Waals surface area contributed by atoms with E-state index in [2.05, 4.69) is 28.6 Å². The highest BCUT2D eigenvalue weighted by Crippen LogP contribution is 2.12. The third kappa shape index (κ3) is 7.46. The molecule has 2 rings (SSSR count). The number of hydrogen-bond acceptors (Lipinski definition) is 3. The van der Waals surface area contributed by atoms with Crippen LogP contribution in [-0.2, 0) is 9.47 Å². The molecule has 0 spiro atoms. The van der Waals surface area contributed by atoms with Crippen molar-refractivity contribution in [2.24, 2.45) is 4.99 Å². The van der Waals surface area contributed by atoms with Crippen LogP contribution in [-0.4, -0.2) is 51.5 Å². The smallest absolute Gasteiger partial charge is 0.191 e. The Hall–Kier alpha value is -0.340. The van der Waals surface area contributed by atoms with E-state index in [0.29, 0.717) is 6.10 Å². The monoisotopic (exact) mass is 409 g/mol. The van der Waals surface area contributed by atoms with E-state index in [0.717, 1.165) is 64.7 Å². The molecule has 122 valence electrons. The molecule has 0 saturated carbocycles. The van der Waals surface area contributed by atoms with Crippen molar-refractivity contribution < 1.29 is 9.47 Å². The second-order valence-corrected chi connectivity index (χ2v) is 5.22. The summed E-state index contributed by atoms with van der Waals surface area (Å²) in [6.07, 6.45) is 6.93. The Labute approximate surface area is 145 Å². The topological polar surface area (TPSA) is 54.9 Å². The third-order valence-corrected chi connectivity index (χ3v) is 3.62. The van der Waals surface area contributed by atoms with Crippen molar-refractivity contribution in [2.45, 2.75) is 38.7 Å². The molecule has 0 amide bonds. The normalized spacial score (nSPS) is 22.4. The minimum Gasteiger partial charge on any atom is -0.377 e. The summed E-state index contributed by atoms with van der Waals surface area (Å²) in [5, 5.41) is 6.68. The summed E-state index contributed by atoms with van der Waals surface area (Å²) in [5.41, 5.74) is 1.48. The number of ether oxygens (including phenoxy) is 2. The Kier molecular flexibility index (Phi) is 10.0. The van der Waals surface area contributed by atoms with Crippen molar-refractivity contribution in [3.8, 4) is 0 Å². The minimum atomic E-state index is 0. The van der Waals surface area contributed by atoms with Crippen LogP contribution >= 0.6 is 24.0 Å². The number of guanidine groups is 1. The lowest BCUT2D eigenvalue weighted by molar-refractivity contribution is 0.117. The molecule has 2 heterocycles. The maximum Gasteiger partial charge on any atom is 0.191 e. The zero-order valence-electron chi connectivity index (χ0n) is 12.9. The van der Waals surface area contributed by atoms with Gasteiger partial charge in [0.25, 0.3) is 0 Å². The van der Waals surface area contributed by atoms with Crippen LogP contribution in [0, 0.1) is 0 Å². The molecule has 1 fully saturated rings. The highest BCUT2D eigenvalue weighted by molar-refractivity contribution is 14.0. The fourth-order valence-corrected chi connectivity index (χ4v) is 2.46. The van der Waals surface area contributed by atoms with Crippen molar-refractivity contribution >= 4 is 29.9 Å². The second kappa shape index (κ2) is 11.3. The molecule has 21 heavy (non-hydrogen) atoms. The summed E-state index contributed by atoms with van der Waals surface area (Å²) in [5.74, 6) is 0.899. The Balaban J connectivity index is 0.00000220. The summed E-state index contributed by atoms with van der Waals surface area (Å²) in [7, 11) is 0. The van der Waals surface area contributed by atoms with E-state index >= 15 is 0 Å². The number of hydrogen-bond donors (Lipinski definition) is 2. The van der Waals surface area contributed by atoms with E-state index in [1.54, 1.807) is 0 Å². The first kappa shape index (κ1) is 18.7. The molecule has 0 bridgehead atoms. The van der Waals surface area contributed by atoms with Crippen molar-refractivity contribution in [3.63, 3.8) is 0 Å². The average Bonchev–Trinajstić information content (AvgIpc) is 2.99. The van der Waals surface area contributed by atoms with Gasteiger partial charge in [0.1, 0.15) is 0 Å². The molecule has 5 nitrogen and oxygen atoms in total. The lowest BCUT2D eigenvalue weighted by atomic mass is 10.1. The first-order valence-electron chi connectivity index (χ1n) is 7.78. The molecule has 2 N–H and O–H groups in total. The SMILES string of the molecule is CCNC(=NCC1CCCO1)NCCC1=CCOCC1.I. The van der Waals surface area contributed by atoms with Gasteiger partial charge in [0.05, 0.1) is 25.9 Å². The van der Waals surface area contributed by atoms with Crippen LogP contribution in [0.1, 0.15) is 32.6 Å². The van der Waals surface area contributed by atoms with Gasteiger partial charge in [0, 0.05) is 19.7 Å². The summed E-state index contributed by atoms with van der Waals surface area (Å²) in [6, 6.07) is 0. The summed E-state index contributed by atoms with van der Waals surface area (Å²) in [6.45, 7) is 7.16. The van der Waals surface area contributed by atoms with E-state index in [-0.39, 0.29) is 24.0 Å². The van der Waals surface area contributed by atoms with Crippen molar-refractivity contribution in [1.29, 1.82) is 0 Å². The quantitative estimate of drug-likeness (QED) is 0.305. The summed E-state index contributed by atoms with van der Waals surface area (Å²) < 4.78 is 10.9. The maximum absolute atomic E-state index is 5.60. The number of nitrogens with zero attached hydrogens (tertiary/aromatic N) is 1. The van der Waals surface area contributed by atoms with Crippen LogP contribution < -0.4 is 10.6 Å². The van der Waals surface area contributed by atoms with Crippen molar-refractivity contribution in [2.75, 3.05) is 39.5 Å². The van der Waals surface area contributed by atoms with E-state index in [1.807, 2.05) is 0 Å². The first-order chi connectivity index (χ1) is 9.88. The van der Waals surface area contributed by atoms with Gasteiger partial charge < -0.3 is 20.1 Å². The van der Waals surface area contributed by atoms with Gasteiger partial charge in [0.2, 0.25) is 0 Å². The van der Waals surface area contributed by atoms with E-state index in [1.165, 1.54) is 12.0 Å². The predicted molar refractivity (Wildman–Crippen MR) is 96.5 cm³/mol. The van der Waals surface area contributed by atoms with Crippen LogP contribution in [0.3, 0.4) is 0 Å². The Morgan fingerprint density at radius 3 is 2.95 bits per heavy atom. The Morgan fingerprint density at radius 2 is 2.29 bits per heavy atom. The van der Waals surface area contributed by atoms with Gasteiger partial charge in [-0.25, -0.2) is 0 Å². The zero-order chi connectivity index (χ0) is 14.0. The number of aliphatic imine (C=N–C) groups is 1. The first-order valence-corrected chi connectivity index (χ1v) is 7.78. The fraction of sp³-hybridized carbons (Fsp3) is 0.800. The molecular formula is C15H28IN3O2. The van der Waals surface area contributed by atoms with E-state index in [9.17, 15) is 0 Å². The van der Waals surface area contributed by atoms with Crippen LogP contribution in [0.5, 0.6) is 0 Å². The van der Waals surface area contributed by atoms with Crippen LogP contribution in [0.2, 0.25) is 0 Å². The van der Waals surface area contributed by atoms with Gasteiger partial charge in [-0.2, -0.15) is 0 Å². The molecule has 1 unspecified atom stereocenters. The van der Waals surface area contributed by atoms with Gasteiger partial charge in [-0.1, -0.05) is 11.6 Å². The lowest BCUT2D eigenvalue weighted by Crippen LogP contribution is -2.38. The average molecular weight is 409 g/mol. The lowest BCUT2D eigenvalue weighted by Gasteiger charge is -2.16. The molecule has 6 heteroatoms. The molecule has 1 atom stereocenters. The second-order valence-electron chi connectivity index (χ2n) is 5.22. The molecule has 2 aliphatic heterocycles. The molecule has 0 aromatic heterocycles.